The minimum absolute atomic E-state index is 0.213. The lowest BCUT2D eigenvalue weighted by molar-refractivity contribution is -0.706. The maximum Gasteiger partial charge on any atom is 0.161 e. The Hall–Kier alpha value is -1.26. The van der Waals surface area contributed by atoms with E-state index in [2.05, 4.69) is 12.2 Å². The van der Waals surface area contributed by atoms with Crippen molar-refractivity contribution in [3.63, 3.8) is 0 Å². The van der Waals surface area contributed by atoms with Gasteiger partial charge in [0.25, 0.3) is 0 Å². The summed E-state index contributed by atoms with van der Waals surface area (Å²) in [7, 11) is 1.65. The molecule has 102 valence electrons. The van der Waals surface area contributed by atoms with Crippen LogP contribution in [0.4, 0.5) is 0 Å². The maximum atomic E-state index is 9.14. The SMILES string of the molecule is CCOc1ccc(C[NH2+][C@H](CC)CO)cc1OC. The number of rotatable bonds is 8. The van der Waals surface area contributed by atoms with Gasteiger partial charge in [-0.2, -0.15) is 0 Å². The summed E-state index contributed by atoms with van der Waals surface area (Å²) in [6, 6.07) is 6.23. The van der Waals surface area contributed by atoms with Crippen LogP contribution in [0.5, 0.6) is 11.5 Å². The highest BCUT2D eigenvalue weighted by Crippen LogP contribution is 2.27. The molecule has 1 rings (SSSR count). The number of benzene rings is 1. The molecule has 0 heterocycles. The van der Waals surface area contributed by atoms with Gasteiger partial charge in [-0.15, -0.1) is 0 Å². The molecule has 0 aliphatic carbocycles. The normalized spacial score (nSPS) is 12.2. The molecular weight excluding hydrogens is 230 g/mol. The van der Waals surface area contributed by atoms with Crippen molar-refractivity contribution in [2.45, 2.75) is 32.9 Å². The lowest BCUT2D eigenvalue weighted by Crippen LogP contribution is -2.89. The number of aliphatic hydroxyl groups excluding tert-OH is 1. The molecule has 4 heteroatoms. The first-order chi connectivity index (χ1) is 8.74. The highest BCUT2D eigenvalue weighted by Gasteiger charge is 2.10. The minimum atomic E-state index is 0.213. The second-order valence-electron chi connectivity index (χ2n) is 4.21. The molecule has 4 nitrogen and oxygen atoms in total. The van der Waals surface area contributed by atoms with Gasteiger partial charge in [0.05, 0.1) is 20.3 Å². The Morgan fingerprint density at radius 2 is 2.06 bits per heavy atom. The molecule has 0 bridgehead atoms. The van der Waals surface area contributed by atoms with Crippen molar-refractivity contribution in [2.24, 2.45) is 0 Å². The molecule has 0 spiro atoms. The lowest BCUT2D eigenvalue weighted by Gasteiger charge is -2.13. The van der Waals surface area contributed by atoms with E-state index in [1.54, 1.807) is 7.11 Å². The molecule has 1 aromatic rings. The van der Waals surface area contributed by atoms with Gasteiger partial charge in [0.1, 0.15) is 12.6 Å². The highest BCUT2D eigenvalue weighted by molar-refractivity contribution is 5.42. The van der Waals surface area contributed by atoms with Gasteiger partial charge in [0.15, 0.2) is 11.5 Å². The van der Waals surface area contributed by atoms with E-state index in [1.165, 1.54) is 5.56 Å². The van der Waals surface area contributed by atoms with Crippen LogP contribution < -0.4 is 14.8 Å². The molecule has 0 fully saturated rings. The van der Waals surface area contributed by atoms with Gasteiger partial charge >= 0.3 is 0 Å². The monoisotopic (exact) mass is 254 g/mol. The Labute approximate surface area is 109 Å². The first-order valence-electron chi connectivity index (χ1n) is 6.49. The van der Waals surface area contributed by atoms with Gasteiger partial charge in [-0.05, 0) is 31.5 Å². The fraction of sp³-hybridized carbons (Fsp3) is 0.571. The minimum Gasteiger partial charge on any atom is -0.493 e. The van der Waals surface area contributed by atoms with E-state index in [1.807, 2.05) is 25.1 Å². The van der Waals surface area contributed by atoms with Crippen molar-refractivity contribution in [2.75, 3.05) is 20.3 Å². The Balaban J connectivity index is 2.67. The Morgan fingerprint density at radius 3 is 2.61 bits per heavy atom. The molecule has 0 aliphatic heterocycles. The number of hydrogen-bond acceptors (Lipinski definition) is 3. The first-order valence-corrected chi connectivity index (χ1v) is 6.49. The predicted molar refractivity (Wildman–Crippen MR) is 71.0 cm³/mol. The second-order valence-corrected chi connectivity index (χ2v) is 4.21. The zero-order valence-electron chi connectivity index (χ0n) is 11.5. The predicted octanol–water partition coefficient (Wildman–Crippen LogP) is 0.928. The second kappa shape index (κ2) is 7.95. The van der Waals surface area contributed by atoms with Gasteiger partial charge in [-0.1, -0.05) is 6.92 Å². The molecule has 0 aliphatic rings. The summed E-state index contributed by atoms with van der Waals surface area (Å²) >= 11 is 0. The summed E-state index contributed by atoms with van der Waals surface area (Å²) in [5.74, 6) is 1.54. The maximum absolute atomic E-state index is 9.14. The zero-order chi connectivity index (χ0) is 13.4. The number of methoxy groups -OCH3 is 1. The van der Waals surface area contributed by atoms with Crippen LogP contribution >= 0.6 is 0 Å². The van der Waals surface area contributed by atoms with Crippen molar-refractivity contribution in [3.05, 3.63) is 23.8 Å². The van der Waals surface area contributed by atoms with Crippen LogP contribution in [0.3, 0.4) is 0 Å². The van der Waals surface area contributed by atoms with Crippen LogP contribution in [-0.2, 0) is 6.54 Å². The molecule has 1 atom stereocenters. The van der Waals surface area contributed by atoms with Crippen molar-refractivity contribution in [1.82, 2.24) is 0 Å². The lowest BCUT2D eigenvalue weighted by atomic mass is 10.1. The smallest absolute Gasteiger partial charge is 0.161 e. The molecule has 0 amide bonds. The highest BCUT2D eigenvalue weighted by atomic mass is 16.5. The van der Waals surface area contributed by atoms with Gasteiger partial charge in [0.2, 0.25) is 0 Å². The third kappa shape index (κ3) is 4.20. The number of aliphatic hydroxyl groups is 1. The van der Waals surface area contributed by atoms with Crippen LogP contribution in [-0.4, -0.2) is 31.5 Å². The Bertz CT molecular complexity index is 351. The van der Waals surface area contributed by atoms with Crippen LogP contribution in [0.1, 0.15) is 25.8 Å². The summed E-state index contributed by atoms with van der Waals surface area (Å²) in [5, 5.41) is 11.3. The van der Waals surface area contributed by atoms with E-state index >= 15 is 0 Å². The first kappa shape index (κ1) is 14.8. The summed E-state index contributed by atoms with van der Waals surface area (Å²) in [6.45, 7) is 5.71. The number of quaternary nitrogens is 1. The fourth-order valence-electron chi connectivity index (χ4n) is 1.79. The van der Waals surface area contributed by atoms with E-state index in [-0.39, 0.29) is 12.6 Å². The van der Waals surface area contributed by atoms with Crippen LogP contribution in [0.15, 0.2) is 18.2 Å². The van der Waals surface area contributed by atoms with E-state index < -0.39 is 0 Å². The molecule has 1 aromatic carbocycles. The summed E-state index contributed by atoms with van der Waals surface area (Å²) in [4.78, 5) is 0. The number of ether oxygens (including phenoxy) is 2. The van der Waals surface area contributed by atoms with Gasteiger partial charge < -0.3 is 19.9 Å². The fourth-order valence-corrected chi connectivity index (χ4v) is 1.79. The van der Waals surface area contributed by atoms with Crippen molar-refractivity contribution in [1.29, 1.82) is 0 Å². The van der Waals surface area contributed by atoms with E-state index in [4.69, 9.17) is 14.6 Å². The molecular formula is C14H24NO3+. The summed E-state index contributed by atoms with van der Waals surface area (Å²) < 4.78 is 10.8. The van der Waals surface area contributed by atoms with E-state index in [9.17, 15) is 0 Å². The van der Waals surface area contributed by atoms with Crippen molar-refractivity contribution >= 4 is 0 Å². The van der Waals surface area contributed by atoms with Crippen molar-refractivity contribution in [3.8, 4) is 11.5 Å². The molecule has 0 saturated carbocycles. The van der Waals surface area contributed by atoms with Crippen LogP contribution in [0.25, 0.3) is 0 Å². The molecule has 0 radical (unpaired) electrons. The van der Waals surface area contributed by atoms with E-state index in [0.29, 0.717) is 6.61 Å². The molecule has 0 saturated heterocycles. The van der Waals surface area contributed by atoms with Crippen molar-refractivity contribution < 1.29 is 19.9 Å². The quantitative estimate of drug-likeness (QED) is 0.725. The van der Waals surface area contributed by atoms with Gasteiger partial charge in [-0.3, -0.25) is 0 Å². The standard InChI is InChI=1S/C14H23NO3/c1-4-12(10-16)15-9-11-6-7-13(18-5-2)14(8-11)17-3/h6-8,12,15-16H,4-5,9-10H2,1-3H3/p+1/t12-/m1/s1. The molecule has 0 unspecified atom stereocenters. The van der Waals surface area contributed by atoms with Gasteiger partial charge in [-0.25, -0.2) is 0 Å². The number of nitrogens with two attached hydrogens (primary N) is 1. The van der Waals surface area contributed by atoms with Crippen LogP contribution in [0.2, 0.25) is 0 Å². The van der Waals surface area contributed by atoms with Gasteiger partial charge in [0, 0.05) is 5.56 Å². The topological polar surface area (TPSA) is 55.3 Å². The third-order valence-corrected chi connectivity index (χ3v) is 2.97. The number of hydrogen-bond donors (Lipinski definition) is 2. The Kier molecular flexibility index (Phi) is 6.54. The molecule has 0 aromatic heterocycles. The van der Waals surface area contributed by atoms with E-state index in [0.717, 1.165) is 24.5 Å². The zero-order valence-corrected chi connectivity index (χ0v) is 11.5. The van der Waals surface area contributed by atoms with Crippen LogP contribution in [0, 0.1) is 0 Å². The molecule has 18 heavy (non-hydrogen) atoms. The third-order valence-electron chi connectivity index (χ3n) is 2.97. The average Bonchev–Trinajstić information content (AvgIpc) is 2.41. The summed E-state index contributed by atoms with van der Waals surface area (Å²) in [6.07, 6.45) is 0.963. The largest absolute Gasteiger partial charge is 0.493 e. The summed E-state index contributed by atoms with van der Waals surface area (Å²) in [5.41, 5.74) is 1.17. The average molecular weight is 254 g/mol. The molecule has 3 N–H and O–H groups in total. The Morgan fingerprint density at radius 1 is 1.28 bits per heavy atom.